The van der Waals surface area contributed by atoms with Crippen LogP contribution in [0.1, 0.15) is 0 Å². The second kappa shape index (κ2) is 6.53. The molecule has 0 aliphatic carbocycles. The number of carbonyl (C=O) groups is 1. The van der Waals surface area contributed by atoms with E-state index in [0.717, 1.165) is 20.8 Å². The molecule has 0 atom stereocenters. The molecule has 4 aromatic heterocycles. The van der Waals surface area contributed by atoms with Crippen LogP contribution in [0.4, 0.5) is 0 Å². The molecule has 0 amide bonds. The summed E-state index contributed by atoms with van der Waals surface area (Å²) in [6.45, 7) is 0. The van der Waals surface area contributed by atoms with Crippen molar-refractivity contribution in [3.8, 4) is 0 Å². The van der Waals surface area contributed by atoms with Crippen molar-refractivity contribution in [1.29, 1.82) is 0 Å². The number of hydrogen-bond donors (Lipinski definition) is 2. The summed E-state index contributed by atoms with van der Waals surface area (Å²) >= 11 is 2.76. The number of H-pyrrole nitrogens is 2. The SMILES string of the molecule is O=C(CSc1ncnc2[nH]ncc12)CSc1ncnc2[nH]ncc12. The molecule has 120 valence electrons. The van der Waals surface area contributed by atoms with Crippen molar-refractivity contribution in [2.75, 3.05) is 11.5 Å². The fourth-order valence-electron chi connectivity index (χ4n) is 2.06. The Hall–Kier alpha value is -2.53. The van der Waals surface area contributed by atoms with Gasteiger partial charge in [-0.2, -0.15) is 10.2 Å². The van der Waals surface area contributed by atoms with Crippen molar-refractivity contribution in [3.05, 3.63) is 25.0 Å². The Morgan fingerprint density at radius 3 is 1.83 bits per heavy atom. The number of aromatic nitrogens is 8. The number of thioether (sulfide) groups is 2. The lowest BCUT2D eigenvalue weighted by molar-refractivity contribution is -0.114. The van der Waals surface area contributed by atoms with E-state index in [-0.39, 0.29) is 5.78 Å². The summed E-state index contributed by atoms with van der Waals surface area (Å²) in [5.41, 5.74) is 1.33. The van der Waals surface area contributed by atoms with E-state index in [1.165, 1.54) is 36.2 Å². The van der Waals surface area contributed by atoms with E-state index in [0.29, 0.717) is 22.8 Å². The maximum absolute atomic E-state index is 12.2. The van der Waals surface area contributed by atoms with E-state index in [2.05, 4.69) is 40.3 Å². The summed E-state index contributed by atoms with van der Waals surface area (Å²) in [4.78, 5) is 28.7. The lowest BCUT2D eigenvalue weighted by Gasteiger charge is -2.02. The van der Waals surface area contributed by atoms with Gasteiger partial charge in [0.15, 0.2) is 17.1 Å². The first-order valence-corrected chi connectivity index (χ1v) is 8.84. The van der Waals surface area contributed by atoms with Crippen molar-refractivity contribution in [3.63, 3.8) is 0 Å². The van der Waals surface area contributed by atoms with Gasteiger partial charge in [0.1, 0.15) is 22.7 Å². The van der Waals surface area contributed by atoms with E-state index in [1.54, 1.807) is 12.4 Å². The van der Waals surface area contributed by atoms with Crippen LogP contribution in [0.25, 0.3) is 22.1 Å². The fourth-order valence-corrected chi connectivity index (χ4v) is 3.84. The Morgan fingerprint density at radius 1 is 0.833 bits per heavy atom. The van der Waals surface area contributed by atoms with E-state index < -0.39 is 0 Å². The molecule has 0 aliphatic heterocycles. The Labute approximate surface area is 143 Å². The van der Waals surface area contributed by atoms with Crippen LogP contribution in [0.5, 0.6) is 0 Å². The highest BCUT2D eigenvalue weighted by Crippen LogP contribution is 2.25. The number of ketones is 1. The van der Waals surface area contributed by atoms with Crippen LogP contribution in [0.3, 0.4) is 0 Å². The van der Waals surface area contributed by atoms with Crippen LogP contribution >= 0.6 is 23.5 Å². The molecular formula is C13H10N8OS2. The summed E-state index contributed by atoms with van der Waals surface area (Å²) in [6.07, 6.45) is 6.23. The highest BCUT2D eigenvalue weighted by Gasteiger charge is 2.12. The molecular weight excluding hydrogens is 348 g/mol. The highest BCUT2D eigenvalue weighted by molar-refractivity contribution is 8.01. The second-order valence-corrected chi connectivity index (χ2v) is 6.67. The summed E-state index contributed by atoms with van der Waals surface area (Å²) in [5.74, 6) is 0.740. The number of carbonyl (C=O) groups excluding carboxylic acids is 1. The molecule has 0 fully saturated rings. The molecule has 4 aromatic rings. The zero-order valence-corrected chi connectivity index (χ0v) is 13.8. The van der Waals surface area contributed by atoms with Gasteiger partial charge in [-0.1, -0.05) is 23.5 Å². The van der Waals surface area contributed by atoms with Crippen LogP contribution in [-0.2, 0) is 4.79 Å². The third-order valence-corrected chi connectivity index (χ3v) is 5.29. The third kappa shape index (κ3) is 2.95. The zero-order valence-electron chi connectivity index (χ0n) is 12.1. The van der Waals surface area contributed by atoms with Gasteiger partial charge in [0.25, 0.3) is 0 Å². The average Bonchev–Trinajstić information content (AvgIpc) is 3.26. The van der Waals surface area contributed by atoms with Crippen LogP contribution in [0, 0.1) is 0 Å². The summed E-state index contributed by atoms with van der Waals surface area (Å²) in [6, 6.07) is 0. The molecule has 0 saturated heterocycles. The Bertz CT molecular complexity index is 933. The predicted octanol–water partition coefficient (Wildman–Crippen LogP) is 1.47. The minimum atomic E-state index is 0.0931. The molecule has 4 rings (SSSR count). The molecule has 9 nitrogen and oxygen atoms in total. The van der Waals surface area contributed by atoms with Crippen molar-refractivity contribution >= 4 is 51.4 Å². The number of hydrogen-bond acceptors (Lipinski definition) is 9. The number of nitrogens with one attached hydrogen (secondary N) is 2. The number of rotatable bonds is 6. The molecule has 0 bridgehead atoms. The lowest BCUT2D eigenvalue weighted by Crippen LogP contribution is -2.05. The number of aromatic amines is 2. The molecule has 4 heterocycles. The monoisotopic (exact) mass is 358 g/mol. The van der Waals surface area contributed by atoms with E-state index >= 15 is 0 Å². The number of nitrogens with zero attached hydrogens (tertiary/aromatic N) is 6. The summed E-state index contributed by atoms with van der Waals surface area (Å²) in [7, 11) is 0. The van der Waals surface area contributed by atoms with Crippen LogP contribution in [0.2, 0.25) is 0 Å². The van der Waals surface area contributed by atoms with Gasteiger partial charge in [0.05, 0.1) is 34.7 Å². The third-order valence-electron chi connectivity index (χ3n) is 3.16. The van der Waals surface area contributed by atoms with Crippen LogP contribution in [0.15, 0.2) is 35.1 Å². The first-order chi connectivity index (χ1) is 11.8. The Morgan fingerprint density at radius 2 is 1.33 bits per heavy atom. The highest BCUT2D eigenvalue weighted by atomic mass is 32.2. The standard InChI is InChI=1S/C13H10N8OS2/c22-7(3-23-12-8-1-18-20-10(8)14-5-16-12)4-24-13-9-2-19-21-11(9)15-6-17-13/h1-2,5-6H,3-4H2,(H,14,16,18,20)(H,15,17,19,21). The average molecular weight is 358 g/mol. The maximum atomic E-state index is 12.2. The minimum absolute atomic E-state index is 0.0931. The lowest BCUT2D eigenvalue weighted by atomic mass is 10.4. The summed E-state index contributed by atoms with van der Waals surface area (Å²) < 4.78 is 0. The van der Waals surface area contributed by atoms with Gasteiger partial charge >= 0.3 is 0 Å². The molecule has 0 spiro atoms. The first kappa shape index (κ1) is 15.0. The van der Waals surface area contributed by atoms with Crippen LogP contribution < -0.4 is 0 Å². The molecule has 0 saturated carbocycles. The summed E-state index contributed by atoms with van der Waals surface area (Å²) in [5, 5.41) is 16.6. The minimum Gasteiger partial charge on any atom is -0.298 e. The van der Waals surface area contributed by atoms with Crippen molar-refractivity contribution in [1.82, 2.24) is 40.3 Å². The van der Waals surface area contributed by atoms with E-state index in [4.69, 9.17) is 0 Å². The Balaban J connectivity index is 1.39. The molecule has 0 aromatic carbocycles. The molecule has 0 radical (unpaired) electrons. The van der Waals surface area contributed by atoms with Crippen molar-refractivity contribution < 1.29 is 4.79 Å². The van der Waals surface area contributed by atoms with Gasteiger partial charge in [-0.25, -0.2) is 19.9 Å². The quantitative estimate of drug-likeness (QED) is 0.389. The predicted molar refractivity (Wildman–Crippen MR) is 89.8 cm³/mol. The van der Waals surface area contributed by atoms with Gasteiger partial charge in [-0.05, 0) is 0 Å². The van der Waals surface area contributed by atoms with Gasteiger partial charge in [-0.15, -0.1) is 0 Å². The molecule has 0 unspecified atom stereocenters. The normalized spacial score (nSPS) is 11.3. The van der Waals surface area contributed by atoms with E-state index in [9.17, 15) is 4.79 Å². The largest absolute Gasteiger partial charge is 0.298 e. The Kier molecular flexibility index (Phi) is 4.09. The second-order valence-electron chi connectivity index (χ2n) is 4.74. The van der Waals surface area contributed by atoms with Gasteiger partial charge < -0.3 is 0 Å². The maximum Gasteiger partial charge on any atom is 0.159 e. The van der Waals surface area contributed by atoms with Crippen molar-refractivity contribution in [2.45, 2.75) is 10.1 Å². The van der Waals surface area contributed by atoms with Crippen molar-refractivity contribution in [2.24, 2.45) is 0 Å². The molecule has 0 aliphatic rings. The smallest absolute Gasteiger partial charge is 0.159 e. The van der Waals surface area contributed by atoms with E-state index in [1.807, 2.05) is 0 Å². The first-order valence-electron chi connectivity index (χ1n) is 6.87. The molecule has 11 heteroatoms. The number of Topliss-reactive ketones (excluding diaryl/α,β-unsaturated/α-hetero) is 1. The van der Waals surface area contributed by atoms with Gasteiger partial charge in [0, 0.05) is 0 Å². The van der Waals surface area contributed by atoms with Gasteiger partial charge in [-0.3, -0.25) is 15.0 Å². The molecule has 2 N–H and O–H groups in total. The molecule has 24 heavy (non-hydrogen) atoms. The topological polar surface area (TPSA) is 126 Å². The fraction of sp³-hybridized carbons (Fsp3) is 0.154. The number of fused-ring (bicyclic) bond motifs is 2. The van der Waals surface area contributed by atoms with Gasteiger partial charge in [0.2, 0.25) is 0 Å². The van der Waals surface area contributed by atoms with Crippen LogP contribution in [-0.4, -0.2) is 57.6 Å². The zero-order chi connectivity index (χ0) is 16.4.